The van der Waals surface area contributed by atoms with E-state index in [1.165, 1.54) is 0 Å². The Hall–Kier alpha value is -0.870. The first-order valence-electron chi connectivity index (χ1n) is 8.27. The molecule has 0 fully saturated rings. The minimum Gasteiger partial charge on any atom is -0.481 e. The van der Waals surface area contributed by atoms with E-state index in [4.69, 9.17) is 5.11 Å². The van der Waals surface area contributed by atoms with Crippen molar-refractivity contribution in [1.29, 1.82) is 0 Å². The summed E-state index contributed by atoms with van der Waals surface area (Å²) < 4.78 is 0.806. The highest BCUT2D eigenvalue weighted by Gasteiger charge is 2.28. The first-order chi connectivity index (χ1) is 9.90. The zero-order chi connectivity index (χ0) is 16.3. The van der Waals surface area contributed by atoms with E-state index in [1.807, 2.05) is 6.08 Å². The van der Waals surface area contributed by atoms with E-state index in [0.717, 1.165) is 56.3 Å². The van der Waals surface area contributed by atoms with Gasteiger partial charge in [0.15, 0.2) is 0 Å². The van der Waals surface area contributed by atoms with Gasteiger partial charge < -0.3 is 14.7 Å². The Kier molecular flexibility index (Phi) is 10.4. The third kappa shape index (κ3) is 8.22. The fourth-order valence-corrected chi connectivity index (χ4v) is 2.69. The maximum absolute atomic E-state index is 11.0. The maximum Gasteiger partial charge on any atom is 0.306 e. The molecule has 0 aliphatic heterocycles. The van der Waals surface area contributed by atoms with E-state index in [1.54, 1.807) is 6.92 Å². The largest absolute Gasteiger partial charge is 0.481 e. The molecule has 21 heavy (non-hydrogen) atoms. The number of likely N-dealkylation sites (N-methyl/N-ethyl adjacent to an activating group) is 1. The van der Waals surface area contributed by atoms with Crippen LogP contribution in [0.5, 0.6) is 0 Å². The van der Waals surface area contributed by atoms with E-state index in [0.29, 0.717) is 6.42 Å². The monoisotopic (exact) mass is 300 g/mol. The van der Waals surface area contributed by atoms with Crippen LogP contribution in [0.2, 0.25) is 0 Å². The molecular formula is C17H34NO3+. The molecule has 0 bridgehead atoms. The minimum atomic E-state index is -0.731. The van der Waals surface area contributed by atoms with Gasteiger partial charge in [-0.15, -0.1) is 6.58 Å². The number of allylic oxidation sites excluding steroid dienone is 1. The molecule has 0 radical (unpaired) electrons. The number of hydrogen-bond acceptors (Lipinski definition) is 2. The number of carboxylic acid groups (broad SMARTS) is 1. The van der Waals surface area contributed by atoms with Gasteiger partial charge in [0.05, 0.1) is 25.6 Å². The van der Waals surface area contributed by atoms with Crippen molar-refractivity contribution in [2.75, 3.05) is 26.2 Å². The molecule has 0 amide bonds. The molecule has 4 heteroatoms. The van der Waals surface area contributed by atoms with E-state index in [2.05, 4.69) is 20.4 Å². The highest BCUT2D eigenvalue weighted by Crippen LogP contribution is 2.16. The molecule has 2 atom stereocenters. The van der Waals surface area contributed by atoms with Crippen LogP contribution in [0.25, 0.3) is 0 Å². The molecule has 2 N–H and O–H groups in total. The van der Waals surface area contributed by atoms with Gasteiger partial charge in [0.2, 0.25) is 0 Å². The molecule has 0 heterocycles. The fourth-order valence-electron chi connectivity index (χ4n) is 2.69. The van der Waals surface area contributed by atoms with Crippen LogP contribution in [-0.2, 0) is 4.79 Å². The zero-order valence-electron chi connectivity index (χ0n) is 14.1. The summed E-state index contributed by atoms with van der Waals surface area (Å²) in [6, 6.07) is 0. The van der Waals surface area contributed by atoms with Crippen molar-refractivity contribution >= 4 is 5.97 Å². The van der Waals surface area contributed by atoms with E-state index < -0.39 is 5.97 Å². The van der Waals surface area contributed by atoms with Gasteiger partial charge in [0.25, 0.3) is 0 Å². The SMILES string of the molecule is C=CCCCCC(O)C[N+](CC)(CC)CCC(C)C(=O)O. The number of aliphatic hydroxyl groups excluding tert-OH is 1. The van der Waals surface area contributed by atoms with Gasteiger partial charge in [-0.3, -0.25) is 4.79 Å². The Bertz CT molecular complexity index is 300. The number of rotatable bonds is 13. The predicted octanol–water partition coefficient (Wildman–Crippen LogP) is 3.06. The number of quaternary nitrogens is 1. The molecule has 0 aromatic heterocycles. The van der Waals surface area contributed by atoms with E-state index in [9.17, 15) is 9.90 Å². The molecular weight excluding hydrogens is 266 g/mol. The number of unbranched alkanes of at least 4 members (excludes halogenated alkanes) is 2. The second kappa shape index (κ2) is 10.8. The van der Waals surface area contributed by atoms with Gasteiger partial charge >= 0.3 is 5.97 Å². The van der Waals surface area contributed by atoms with Gasteiger partial charge in [-0.05, 0) is 33.1 Å². The van der Waals surface area contributed by atoms with Crippen LogP contribution in [0.4, 0.5) is 0 Å². The Morgan fingerprint density at radius 2 is 1.86 bits per heavy atom. The lowest BCUT2D eigenvalue weighted by Gasteiger charge is -2.39. The summed E-state index contributed by atoms with van der Waals surface area (Å²) in [6.07, 6.45) is 6.21. The number of aliphatic carboxylic acids is 1. The summed E-state index contributed by atoms with van der Waals surface area (Å²) in [5.41, 5.74) is 0. The molecule has 0 aromatic carbocycles. The van der Waals surface area contributed by atoms with Crippen molar-refractivity contribution in [2.45, 2.75) is 59.0 Å². The minimum absolute atomic E-state index is 0.296. The number of hydrogen-bond donors (Lipinski definition) is 2. The fraction of sp³-hybridized carbons (Fsp3) is 0.824. The van der Waals surface area contributed by atoms with Gasteiger partial charge in [-0.2, -0.15) is 0 Å². The number of carbonyl (C=O) groups is 1. The smallest absolute Gasteiger partial charge is 0.306 e. The van der Waals surface area contributed by atoms with Crippen molar-refractivity contribution in [3.63, 3.8) is 0 Å². The zero-order valence-corrected chi connectivity index (χ0v) is 14.1. The predicted molar refractivity (Wildman–Crippen MR) is 87.2 cm³/mol. The Balaban J connectivity index is 4.36. The van der Waals surface area contributed by atoms with E-state index in [-0.39, 0.29) is 12.0 Å². The molecule has 0 aromatic rings. The van der Waals surface area contributed by atoms with Crippen molar-refractivity contribution < 1.29 is 19.5 Å². The van der Waals surface area contributed by atoms with Gasteiger partial charge in [0, 0.05) is 6.42 Å². The van der Waals surface area contributed by atoms with Crippen LogP contribution in [0.3, 0.4) is 0 Å². The Morgan fingerprint density at radius 1 is 1.24 bits per heavy atom. The van der Waals surface area contributed by atoms with Gasteiger partial charge in [0.1, 0.15) is 12.6 Å². The van der Waals surface area contributed by atoms with Gasteiger partial charge in [-0.25, -0.2) is 0 Å². The van der Waals surface area contributed by atoms with Crippen LogP contribution in [0, 0.1) is 5.92 Å². The van der Waals surface area contributed by atoms with Crippen molar-refractivity contribution in [3.05, 3.63) is 12.7 Å². The Labute approximate surface area is 130 Å². The van der Waals surface area contributed by atoms with Crippen LogP contribution in [0.15, 0.2) is 12.7 Å². The number of nitrogens with zero attached hydrogens (tertiary/aromatic N) is 1. The summed E-state index contributed by atoms with van der Waals surface area (Å²) in [6.45, 7) is 13.1. The summed E-state index contributed by atoms with van der Waals surface area (Å²) >= 11 is 0. The molecule has 0 saturated carbocycles. The first kappa shape index (κ1) is 20.1. The molecule has 0 saturated heterocycles. The number of carboxylic acids is 1. The second-order valence-corrected chi connectivity index (χ2v) is 6.14. The topological polar surface area (TPSA) is 57.5 Å². The molecule has 2 unspecified atom stereocenters. The summed E-state index contributed by atoms with van der Waals surface area (Å²) in [5, 5.41) is 19.3. The first-order valence-corrected chi connectivity index (χ1v) is 8.27. The molecule has 0 spiro atoms. The molecule has 124 valence electrons. The van der Waals surface area contributed by atoms with Crippen LogP contribution in [-0.4, -0.2) is 52.9 Å². The lowest BCUT2D eigenvalue weighted by Crippen LogP contribution is -2.53. The number of aliphatic hydroxyl groups is 1. The summed E-state index contributed by atoms with van der Waals surface area (Å²) in [7, 11) is 0. The average molecular weight is 300 g/mol. The second-order valence-electron chi connectivity index (χ2n) is 6.14. The lowest BCUT2D eigenvalue weighted by molar-refractivity contribution is -0.928. The van der Waals surface area contributed by atoms with E-state index >= 15 is 0 Å². The van der Waals surface area contributed by atoms with Gasteiger partial charge in [-0.1, -0.05) is 19.4 Å². The van der Waals surface area contributed by atoms with Crippen molar-refractivity contribution in [3.8, 4) is 0 Å². The Morgan fingerprint density at radius 3 is 2.33 bits per heavy atom. The average Bonchev–Trinajstić information content (AvgIpc) is 2.47. The van der Waals surface area contributed by atoms with Crippen molar-refractivity contribution in [2.24, 2.45) is 5.92 Å². The summed E-state index contributed by atoms with van der Waals surface area (Å²) in [4.78, 5) is 11.0. The highest BCUT2D eigenvalue weighted by molar-refractivity contribution is 5.69. The third-order valence-electron chi connectivity index (χ3n) is 4.59. The van der Waals surface area contributed by atoms with Crippen LogP contribution < -0.4 is 0 Å². The highest BCUT2D eigenvalue weighted by atomic mass is 16.4. The molecule has 0 aliphatic rings. The standard InChI is InChI=1S/C17H33NO3/c1-5-8-9-10-11-16(19)14-18(6-2,7-3)13-12-15(4)17(20)21/h5,15-16,19H,1,6-14H2,2-4H3/p+1. The maximum atomic E-state index is 11.0. The molecule has 0 aliphatic carbocycles. The lowest BCUT2D eigenvalue weighted by atomic mass is 10.0. The van der Waals surface area contributed by atoms with Crippen LogP contribution in [0.1, 0.15) is 52.9 Å². The quantitative estimate of drug-likeness (QED) is 0.312. The van der Waals surface area contributed by atoms with Crippen molar-refractivity contribution in [1.82, 2.24) is 0 Å². The van der Waals surface area contributed by atoms with Crippen LogP contribution >= 0.6 is 0 Å². The third-order valence-corrected chi connectivity index (χ3v) is 4.59. The normalized spacial score (nSPS) is 14.7. The molecule has 4 nitrogen and oxygen atoms in total. The molecule has 0 rings (SSSR count). The summed E-state index contributed by atoms with van der Waals surface area (Å²) in [5.74, 6) is -1.05.